The van der Waals surface area contributed by atoms with Crippen molar-refractivity contribution in [3.8, 4) is 0 Å². The van der Waals surface area contributed by atoms with Crippen LogP contribution < -0.4 is 10.6 Å². The Hall–Kier alpha value is -2.37. The molecule has 5 nitrogen and oxygen atoms in total. The third-order valence-electron chi connectivity index (χ3n) is 5.08. The molecule has 1 fully saturated rings. The highest BCUT2D eigenvalue weighted by Gasteiger charge is 2.41. The van der Waals surface area contributed by atoms with Crippen molar-refractivity contribution in [2.45, 2.75) is 31.5 Å². The maximum Gasteiger partial charge on any atom is 0.127 e. The van der Waals surface area contributed by atoms with Gasteiger partial charge in [0.1, 0.15) is 5.84 Å². The zero-order valence-electron chi connectivity index (χ0n) is 15.1. The number of fused-ring (bicyclic) bond motifs is 1. The smallest absolute Gasteiger partial charge is 0.127 e. The summed E-state index contributed by atoms with van der Waals surface area (Å²) in [4.78, 5) is 4.98. The fourth-order valence-electron chi connectivity index (χ4n) is 3.69. The number of aliphatic imine (C=N–C) groups is 1. The van der Waals surface area contributed by atoms with Gasteiger partial charge in [-0.15, -0.1) is 0 Å². The van der Waals surface area contributed by atoms with Crippen LogP contribution in [0.15, 0.2) is 53.5 Å². The molecule has 0 amide bonds. The van der Waals surface area contributed by atoms with Crippen LogP contribution in [0.3, 0.4) is 0 Å². The third kappa shape index (κ3) is 3.45. The maximum absolute atomic E-state index is 5.60. The van der Waals surface area contributed by atoms with E-state index in [9.17, 15) is 0 Å². The first kappa shape index (κ1) is 17.1. The summed E-state index contributed by atoms with van der Waals surface area (Å²) in [6.07, 6.45) is 1.83. The summed E-state index contributed by atoms with van der Waals surface area (Å²) >= 11 is 0. The van der Waals surface area contributed by atoms with Gasteiger partial charge in [0.25, 0.3) is 0 Å². The van der Waals surface area contributed by atoms with Crippen LogP contribution in [0, 0.1) is 0 Å². The Balaban J connectivity index is 1.62. The zero-order valence-corrected chi connectivity index (χ0v) is 15.1. The van der Waals surface area contributed by atoms with Gasteiger partial charge in [0, 0.05) is 33.2 Å². The third-order valence-corrected chi connectivity index (χ3v) is 5.08. The maximum atomic E-state index is 5.60. The first-order chi connectivity index (χ1) is 12.8. The summed E-state index contributed by atoms with van der Waals surface area (Å²) < 4.78 is 10.8. The number of benzene rings is 2. The van der Waals surface area contributed by atoms with E-state index in [1.165, 1.54) is 11.1 Å². The van der Waals surface area contributed by atoms with E-state index >= 15 is 0 Å². The molecule has 0 unspecified atom stereocenters. The second-order valence-corrected chi connectivity index (χ2v) is 6.91. The van der Waals surface area contributed by atoms with Gasteiger partial charge in [-0.3, -0.25) is 4.99 Å². The van der Waals surface area contributed by atoms with E-state index in [1.807, 2.05) is 6.07 Å². The molecule has 2 aromatic rings. The van der Waals surface area contributed by atoms with Crippen molar-refractivity contribution in [3.63, 3.8) is 0 Å². The van der Waals surface area contributed by atoms with Gasteiger partial charge in [0.15, 0.2) is 0 Å². The van der Waals surface area contributed by atoms with Crippen molar-refractivity contribution in [2.24, 2.45) is 4.99 Å². The first-order valence-electron chi connectivity index (χ1n) is 9.13. The Labute approximate surface area is 154 Å². The lowest BCUT2D eigenvalue weighted by Gasteiger charge is -2.43. The van der Waals surface area contributed by atoms with Crippen molar-refractivity contribution in [1.82, 2.24) is 0 Å². The zero-order chi connectivity index (χ0) is 17.8. The van der Waals surface area contributed by atoms with E-state index in [4.69, 9.17) is 14.5 Å². The highest BCUT2D eigenvalue weighted by Crippen LogP contribution is 2.36. The SMILES string of the molecule is COCc1cccc(CN=C2Nc3ccccc3NC23CCOCC3)c1. The molecule has 4 rings (SSSR count). The minimum Gasteiger partial charge on any atom is -0.381 e. The Bertz CT molecular complexity index is 797. The van der Waals surface area contributed by atoms with Gasteiger partial charge in [-0.2, -0.15) is 0 Å². The second-order valence-electron chi connectivity index (χ2n) is 6.91. The molecule has 0 radical (unpaired) electrons. The number of methoxy groups -OCH3 is 1. The highest BCUT2D eigenvalue weighted by molar-refractivity contribution is 6.09. The fraction of sp³-hybridized carbons (Fsp3) is 0.381. The number of hydrogen-bond acceptors (Lipinski definition) is 4. The van der Waals surface area contributed by atoms with Gasteiger partial charge < -0.3 is 20.1 Å². The molecular formula is C21H25N3O2. The highest BCUT2D eigenvalue weighted by atomic mass is 16.5. The quantitative estimate of drug-likeness (QED) is 0.879. The van der Waals surface area contributed by atoms with Gasteiger partial charge in [-0.25, -0.2) is 0 Å². The average molecular weight is 351 g/mol. The molecule has 2 aliphatic heterocycles. The summed E-state index contributed by atoms with van der Waals surface area (Å²) in [6.45, 7) is 2.77. The summed E-state index contributed by atoms with van der Waals surface area (Å²) in [5.74, 6) is 1.01. The van der Waals surface area contributed by atoms with Crippen molar-refractivity contribution in [1.29, 1.82) is 0 Å². The Morgan fingerprint density at radius 2 is 1.81 bits per heavy atom. The number of nitrogens with zero attached hydrogens (tertiary/aromatic N) is 1. The van der Waals surface area contributed by atoms with Crippen LogP contribution in [0.1, 0.15) is 24.0 Å². The molecule has 1 saturated heterocycles. The van der Waals surface area contributed by atoms with Crippen molar-refractivity contribution < 1.29 is 9.47 Å². The van der Waals surface area contributed by atoms with Gasteiger partial charge in [-0.1, -0.05) is 36.4 Å². The van der Waals surface area contributed by atoms with Crippen LogP contribution in [0.2, 0.25) is 0 Å². The van der Waals surface area contributed by atoms with Crippen LogP contribution in [-0.4, -0.2) is 31.7 Å². The van der Waals surface area contributed by atoms with E-state index < -0.39 is 0 Å². The normalized spacial score (nSPS) is 19.7. The topological polar surface area (TPSA) is 54.9 Å². The molecule has 0 bridgehead atoms. The predicted octanol–water partition coefficient (Wildman–Crippen LogP) is 3.82. The summed E-state index contributed by atoms with van der Waals surface area (Å²) in [5.41, 5.74) is 4.41. The molecular weight excluding hydrogens is 326 g/mol. The van der Waals surface area contributed by atoms with Crippen LogP contribution in [0.4, 0.5) is 11.4 Å². The Kier molecular flexibility index (Phi) is 4.91. The predicted molar refractivity (Wildman–Crippen MR) is 105 cm³/mol. The lowest BCUT2D eigenvalue weighted by Crippen LogP contribution is -2.55. The number of nitrogens with one attached hydrogen (secondary N) is 2. The molecule has 26 heavy (non-hydrogen) atoms. The summed E-state index contributed by atoms with van der Waals surface area (Å²) in [6, 6.07) is 16.7. The number of ether oxygens (including phenoxy) is 2. The molecule has 1 spiro atoms. The molecule has 5 heteroatoms. The molecule has 2 N–H and O–H groups in total. The van der Waals surface area contributed by atoms with E-state index in [0.717, 1.165) is 43.3 Å². The van der Waals surface area contributed by atoms with Crippen molar-refractivity contribution in [3.05, 3.63) is 59.7 Å². The summed E-state index contributed by atoms with van der Waals surface area (Å²) in [7, 11) is 1.72. The van der Waals surface area contributed by atoms with E-state index in [1.54, 1.807) is 7.11 Å². The number of anilines is 2. The minimum absolute atomic E-state index is 0.170. The van der Waals surface area contributed by atoms with Gasteiger partial charge in [0.2, 0.25) is 0 Å². The molecule has 2 aliphatic rings. The molecule has 2 aromatic carbocycles. The molecule has 2 heterocycles. The number of rotatable bonds is 4. The molecule has 0 aromatic heterocycles. The van der Waals surface area contributed by atoms with E-state index in [0.29, 0.717) is 13.2 Å². The lowest BCUT2D eigenvalue weighted by molar-refractivity contribution is 0.0778. The van der Waals surface area contributed by atoms with Crippen LogP contribution in [0.5, 0.6) is 0 Å². The summed E-state index contributed by atoms with van der Waals surface area (Å²) in [5, 5.41) is 7.31. The molecule has 0 aliphatic carbocycles. The number of para-hydroxylation sites is 2. The standard InChI is InChI=1S/C21H25N3O2/c1-25-15-17-6-4-5-16(13-17)14-22-20-21(9-11-26-12-10-21)24-19-8-3-2-7-18(19)23-20/h2-8,13,24H,9-12,14-15H2,1H3,(H,22,23). The largest absolute Gasteiger partial charge is 0.381 e. The molecule has 136 valence electrons. The van der Waals surface area contributed by atoms with Crippen LogP contribution >= 0.6 is 0 Å². The fourth-order valence-corrected chi connectivity index (χ4v) is 3.69. The second kappa shape index (κ2) is 7.48. The van der Waals surface area contributed by atoms with Crippen LogP contribution in [0.25, 0.3) is 0 Å². The van der Waals surface area contributed by atoms with Gasteiger partial charge in [0.05, 0.1) is 30.1 Å². The Morgan fingerprint density at radius 1 is 1.04 bits per heavy atom. The van der Waals surface area contributed by atoms with Gasteiger partial charge in [-0.05, 0) is 23.3 Å². The van der Waals surface area contributed by atoms with Gasteiger partial charge >= 0.3 is 0 Å². The van der Waals surface area contributed by atoms with Crippen LogP contribution in [-0.2, 0) is 22.6 Å². The molecule has 0 atom stereocenters. The van der Waals surface area contributed by atoms with Crippen molar-refractivity contribution >= 4 is 17.2 Å². The molecule has 0 saturated carbocycles. The van der Waals surface area contributed by atoms with E-state index in [-0.39, 0.29) is 5.54 Å². The first-order valence-corrected chi connectivity index (χ1v) is 9.13. The number of hydrogen-bond donors (Lipinski definition) is 2. The number of amidine groups is 1. The lowest BCUT2D eigenvalue weighted by atomic mass is 9.86. The van der Waals surface area contributed by atoms with E-state index in [2.05, 4.69) is 53.1 Å². The van der Waals surface area contributed by atoms with Crippen molar-refractivity contribution in [2.75, 3.05) is 31.0 Å². The Morgan fingerprint density at radius 3 is 2.62 bits per heavy atom. The average Bonchev–Trinajstić information content (AvgIpc) is 2.68. The monoisotopic (exact) mass is 351 g/mol. The minimum atomic E-state index is -0.170.